The van der Waals surface area contributed by atoms with Gasteiger partial charge in [0.2, 0.25) is 0 Å². The van der Waals surface area contributed by atoms with E-state index < -0.39 is 5.97 Å². The summed E-state index contributed by atoms with van der Waals surface area (Å²) < 4.78 is 0. The first-order valence-electron chi connectivity index (χ1n) is 10.5. The van der Waals surface area contributed by atoms with Gasteiger partial charge in [0, 0.05) is 41.2 Å². The first-order chi connectivity index (χ1) is 14.7. The highest BCUT2D eigenvalue weighted by Crippen LogP contribution is 2.41. The molecule has 1 saturated heterocycles. The smallest absolute Gasteiger partial charge is 0.307 e. The molecule has 0 bridgehead atoms. The largest absolute Gasteiger partial charge is 0.481 e. The zero-order valence-corrected chi connectivity index (χ0v) is 18.7. The number of hydrazone groups is 1. The lowest BCUT2D eigenvalue weighted by Gasteiger charge is -2.40. The van der Waals surface area contributed by atoms with E-state index in [0.717, 1.165) is 65.3 Å². The van der Waals surface area contributed by atoms with Gasteiger partial charge < -0.3 is 21.3 Å². The van der Waals surface area contributed by atoms with Crippen molar-refractivity contribution in [2.75, 3.05) is 18.0 Å². The maximum Gasteiger partial charge on any atom is 0.307 e. The molecule has 1 aromatic heterocycles. The van der Waals surface area contributed by atoms with Gasteiger partial charge in [-0.2, -0.15) is 5.10 Å². The first kappa shape index (κ1) is 22.6. The minimum Gasteiger partial charge on any atom is -0.481 e. The molecule has 0 saturated carbocycles. The fourth-order valence-electron chi connectivity index (χ4n) is 4.25. The highest BCUT2D eigenvalue weighted by Gasteiger charge is 2.30. The van der Waals surface area contributed by atoms with Gasteiger partial charge in [0.05, 0.1) is 12.1 Å². The van der Waals surface area contributed by atoms with Crippen LogP contribution in [-0.2, 0) is 11.2 Å². The molecule has 2 heterocycles. The molecule has 3 rings (SSSR count). The van der Waals surface area contributed by atoms with Crippen LogP contribution < -0.4 is 22.0 Å². The lowest BCUT2D eigenvalue weighted by atomic mass is 9.82. The summed E-state index contributed by atoms with van der Waals surface area (Å²) in [5, 5.41) is 13.2. The second-order valence-electron chi connectivity index (χ2n) is 8.91. The Bertz CT molecular complexity index is 988. The summed E-state index contributed by atoms with van der Waals surface area (Å²) in [7, 11) is 0. The van der Waals surface area contributed by atoms with Crippen LogP contribution in [0.25, 0.3) is 11.1 Å². The van der Waals surface area contributed by atoms with Crippen molar-refractivity contribution in [2.45, 2.75) is 47.0 Å². The fraction of sp³-hybridized carbons (Fsp3) is 0.435. The Kier molecular flexibility index (Phi) is 6.50. The van der Waals surface area contributed by atoms with Crippen LogP contribution in [0.3, 0.4) is 0 Å². The number of aryl methyl sites for hydroxylation is 2. The zero-order valence-electron chi connectivity index (χ0n) is 18.7. The van der Waals surface area contributed by atoms with Crippen LogP contribution >= 0.6 is 0 Å². The van der Waals surface area contributed by atoms with E-state index in [1.54, 1.807) is 0 Å². The number of hydrogen-bond donors (Lipinski definition) is 4. The number of carboxylic acids is 1. The Hall–Kier alpha value is -3.13. The second kappa shape index (κ2) is 8.93. The molecule has 1 fully saturated rings. The third kappa shape index (κ3) is 4.80. The molecule has 0 unspecified atom stereocenters. The number of aliphatic carboxylic acids is 1. The van der Waals surface area contributed by atoms with Gasteiger partial charge in [0.25, 0.3) is 0 Å². The van der Waals surface area contributed by atoms with Gasteiger partial charge >= 0.3 is 5.97 Å². The molecule has 8 nitrogen and oxygen atoms in total. The standard InChI is InChI=1S/C23H32N6O2/c1-14-18(13-19(30)31)21(29-11-9-23(3,4)10-12-29)20(15(2)26-14)16-5-7-17(8-6-16)22(27-24)28-25/h5-8H,9-13,24-25H2,1-4H3,(H,27,28)(H,30,31). The Morgan fingerprint density at radius 1 is 1.19 bits per heavy atom. The molecule has 0 aliphatic carbocycles. The number of anilines is 1. The number of carboxylic acid groups (broad SMARTS) is 1. The highest BCUT2D eigenvalue weighted by molar-refractivity contribution is 5.99. The Morgan fingerprint density at radius 2 is 1.81 bits per heavy atom. The molecule has 31 heavy (non-hydrogen) atoms. The van der Waals surface area contributed by atoms with E-state index in [-0.39, 0.29) is 11.8 Å². The van der Waals surface area contributed by atoms with Crippen molar-refractivity contribution in [3.8, 4) is 11.1 Å². The number of hydrazine groups is 1. The van der Waals surface area contributed by atoms with Gasteiger partial charge in [-0.25, -0.2) is 5.84 Å². The molecule has 6 N–H and O–H groups in total. The van der Waals surface area contributed by atoms with E-state index in [0.29, 0.717) is 5.84 Å². The molecular formula is C23H32N6O2. The normalized spacial score (nSPS) is 16.3. The Balaban J connectivity index is 2.16. The minimum absolute atomic E-state index is 0.0551. The minimum atomic E-state index is -0.855. The lowest BCUT2D eigenvalue weighted by molar-refractivity contribution is -0.136. The van der Waals surface area contributed by atoms with Crippen molar-refractivity contribution < 1.29 is 9.90 Å². The summed E-state index contributed by atoms with van der Waals surface area (Å²) in [5.41, 5.74) is 8.89. The van der Waals surface area contributed by atoms with Crippen LogP contribution in [0.1, 0.15) is 49.2 Å². The molecular weight excluding hydrogens is 392 g/mol. The molecule has 0 radical (unpaired) electrons. The number of amidine groups is 1. The number of benzene rings is 1. The Labute approximate surface area is 183 Å². The number of nitrogens with two attached hydrogens (primary N) is 2. The third-order valence-electron chi connectivity index (χ3n) is 6.13. The summed E-state index contributed by atoms with van der Waals surface area (Å²) in [5.74, 6) is 10.4. The molecule has 2 aromatic rings. The van der Waals surface area contributed by atoms with Crippen LogP contribution in [0.5, 0.6) is 0 Å². The summed E-state index contributed by atoms with van der Waals surface area (Å²) >= 11 is 0. The van der Waals surface area contributed by atoms with Gasteiger partial charge in [-0.05, 0) is 37.7 Å². The SMILES string of the molecule is Cc1nc(C)c(-c2ccc(C(=NN)NN)cc2)c(N2CCC(C)(C)CC2)c1CC(=O)O. The maximum atomic E-state index is 11.7. The van der Waals surface area contributed by atoms with E-state index in [1.807, 2.05) is 38.1 Å². The van der Waals surface area contributed by atoms with Crippen LogP contribution in [0, 0.1) is 19.3 Å². The number of aromatic nitrogens is 1. The van der Waals surface area contributed by atoms with E-state index >= 15 is 0 Å². The summed E-state index contributed by atoms with van der Waals surface area (Å²) in [4.78, 5) is 18.7. The van der Waals surface area contributed by atoms with Crippen molar-refractivity contribution in [1.29, 1.82) is 0 Å². The molecule has 0 spiro atoms. The second-order valence-corrected chi connectivity index (χ2v) is 8.91. The van der Waals surface area contributed by atoms with Crippen molar-refractivity contribution >= 4 is 17.5 Å². The summed E-state index contributed by atoms with van der Waals surface area (Å²) in [6, 6.07) is 7.72. The van der Waals surface area contributed by atoms with Gasteiger partial charge in [-0.1, -0.05) is 38.1 Å². The van der Waals surface area contributed by atoms with Crippen molar-refractivity contribution in [1.82, 2.24) is 10.4 Å². The topological polar surface area (TPSA) is 130 Å². The molecule has 0 atom stereocenters. The molecule has 1 aromatic carbocycles. The number of carbonyl (C=O) groups is 1. The number of piperidine rings is 1. The number of hydrogen-bond acceptors (Lipinski definition) is 6. The van der Waals surface area contributed by atoms with Gasteiger partial charge in [0.1, 0.15) is 0 Å². The average molecular weight is 425 g/mol. The van der Waals surface area contributed by atoms with Gasteiger partial charge in [-0.15, -0.1) is 0 Å². The monoisotopic (exact) mass is 424 g/mol. The lowest BCUT2D eigenvalue weighted by Crippen LogP contribution is -2.38. The fourth-order valence-corrected chi connectivity index (χ4v) is 4.25. The zero-order chi connectivity index (χ0) is 22.8. The van der Waals surface area contributed by atoms with Crippen LogP contribution in [-0.4, -0.2) is 35.0 Å². The highest BCUT2D eigenvalue weighted by atomic mass is 16.4. The molecule has 1 aliphatic rings. The van der Waals surface area contributed by atoms with E-state index in [4.69, 9.17) is 16.7 Å². The molecule has 1 aliphatic heterocycles. The number of pyridine rings is 1. The molecule has 166 valence electrons. The third-order valence-corrected chi connectivity index (χ3v) is 6.13. The van der Waals surface area contributed by atoms with Crippen molar-refractivity contribution in [2.24, 2.45) is 22.2 Å². The number of nitrogens with zero attached hydrogens (tertiary/aromatic N) is 3. The summed E-state index contributed by atoms with van der Waals surface area (Å²) in [6.07, 6.45) is 2.05. The maximum absolute atomic E-state index is 11.7. The van der Waals surface area contributed by atoms with Crippen LogP contribution in [0.15, 0.2) is 29.4 Å². The van der Waals surface area contributed by atoms with E-state index in [2.05, 4.69) is 29.3 Å². The Morgan fingerprint density at radius 3 is 2.32 bits per heavy atom. The van der Waals surface area contributed by atoms with Gasteiger partial charge in [0.15, 0.2) is 5.84 Å². The van der Waals surface area contributed by atoms with E-state index in [9.17, 15) is 9.90 Å². The number of rotatable bonds is 5. The molecule has 0 amide bonds. The van der Waals surface area contributed by atoms with Crippen LogP contribution in [0.4, 0.5) is 5.69 Å². The van der Waals surface area contributed by atoms with Gasteiger partial charge in [-0.3, -0.25) is 9.78 Å². The average Bonchev–Trinajstić information content (AvgIpc) is 2.71. The van der Waals surface area contributed by atoms with Crippen molar-refractivity contribution in [3.05, 3.63) is 46.8 Å². The number of nitrogens with one attached hydrogen (secondary N) is 1. The quantitative estimate of drug-likeness (QED) is 0.251. The summed E-state index contributed by atoms with van der Waals surface area (Å²) in [6.45, 7) is 10.2. The molecule has 8 heteroatoms. The predicted octanol–water partition coefficient (Wildman–Crippen LogP) is 2.70. The van der Waals surface area contributed by atoms with Crippen LogP contribution in [0.2, 0.25) is 0 Å². The van der Waals surface area contributed by atoms with E-state index in [1.165, 1.54) is 0 Å². The van der Waals surface area contributed by atoms with Crippen molar-refractivity contribution in [3.63, 3.8) is 0 Å². The predicted molar refractivity (Wildman–Crippen MR) is 124 cm³/mol. The first-order valence-corrected chi connectivity index (χ1v) is 10.5.